The fraction of sp³-hybridized carbons (Fsp3) is 0.562. The minimum Gasteiger partial charge on any atom is -0.476 e. The molecule has 3 rings (SSSR count). The Labute approximate surface area is 141 Å². The van der Waals surface area contributed by atoms with Crippen LogP contribution in [0.4, 0.5) is 0 Å². The smallest absolute Gasteiger partial charge is 0.232 e. The van der Waals surface area contributed by atoms with Crippen LogP contribution < -0.4 is 4.74 Å². The predicted octanol–water partition coefficient (Wildman–Crippen LogP) is 2.46. The van der Waals surface area contributed by atoms with Gasteiger partial charge in [0.05, 0.1) is 13.2 Å². The van der Waals surface area contributed by atoms with Crippen molar-refractivity contribution < 1.29 is 4.74 Å². The Balaban J connectivity index is 1.54. The standard InChI is InChI=1S/C16H22ClN5O/c1-12-19-20-15(21(12)2)10-22-8-4-5-13(9-22)11-23-16-14(17)6-3-7-18-16/h3,6-7,13H,4-5,8-11H2,1-2H3. The molecule has 0 saturated carbocycles. The van der Waals surface area contributed by atoms with E-state index in [1.807, 2.05) is 18.5 Å². The quantitative estimate of drug-likeness (QED) is 0.840. The van der Waals surface area contributed by atoms with Gasteiger partial charge in [0.2, 0.25) is 5.88 Å². The van der Waals surface area contributed by atoms with E-state index in [2.05, 4.69) is 20.1 Å². The van der Waals surface area contributed by atoms with Gasteiger partial charge in [-0.25, -0.2) is 4.98 Å². The zero-order valence-electron chi connectivity index (χ0n) is 13.6. The average Bonchev–Trinajstić information content (AvgIpc) is 2.87. The summed E-state index contributed by atoms with van der Waals surface area (Å²) >= 11 is 6.08. The van der Waals surface area contributed by atoms with Crippen LogP contribution in [0.25, 0.3) is 0 Å². The van der Waals surface area contributed by atoms with E-state index in [1.54, 1.807) is 18.3 Å². The van der Waals surface area contributed by atoms with Crippen LogP contribution in [0.2, 0.25) is 5.02 Å². The molecule has 0 N–H and O–H groups in total. The van der Waals surface area contributed by atoms with E-state index in [1.165, 1.54) is 12.8 Å². The molecule has 2 aromatic heterocycles. The summed E-state index contributed by atoms with van der Waals surface area (Å²) in [6.07, 6.45) is 4.03. The highest BCUT2D eigenvalue weighted by atomic mass is 35.5. The Kier molecular flexibility index (Phi) is 5.13. The summed E-state index contributed by atoms with van der Waals surface area (Å²) in [4.78, 5) is 6.59. The summed E-state index contributed by atoms with van der Waals surface area (Å²) in [5, 5.41) is 8.94. The lowest BCUT2D eigenvalue weighted by Gasteiger charge is -2.32. The maximum Gasteiger partial charge on any atom is 0.232 e. The van der Waals surface area contributed by atoms with Crippen LogP contribution in [0.15, 0.2) is 18.3 Å². The number of hydrogen-bond donors (Lipinski definition) is 0. The number of pyridine rings is 1. The average molecular weight is 336 g/mol. The van der Waals surface area contributed by atoms with Crippen LogP contribution in [-0.4, -0.2) is 44.3 Å². The molecule has 124 valence electrons. The Morgan fingerprint density at radius 3 is 3.00 bits per heavy atom. The number of aromatic nitrogens is 4. The Morgan fingerprint density at radius 2 is 2.26 bits per heavy atom. The van der Waals surface area contributed by atoms with Crippen molar-refractivity contribution in [2.75, 3.05) is 19.7 Å². The second-order valence-corrected chi connectivity index (χ2v) is 6.47. The molecule has 0 amide bonds. The summed E-state index contributed by atoms with van der Waals surface area (Å²) in [7, 11) is 2.01. The van der Waals surface area contributed by atoms with Gasteiger partial charge in [-0.1, -0.05) is 11.6 Å². The molecule has 23 heavy (non-hydrogen) atoms. The molecule has 1 aliphatic rings. The van der Waals surface area contributed by atoms with Crippen molar-refractivity contribution in [2.45, 2.75) is 26.3 Å². The lowest BCUT2D eigenvalue weighted by molar-refractivity contribution is 0.120. The van der Waals surface area contributed by atoms with E-state index in [0.29, 0.717) is 23.4 Å². The first-order chi connectivity index (χ1) is 11.1. The number of ether oxygens (including phenoxy) is 1. The van der Waals surface area contributed by atoms with E-state index in [9.17, 15) is 0 Å². The highest BCUT2D eigenvalue weighted by Crippen LogP contribution is 2.23. The minimum atomic E-state index is 0.483. The number of piperidine rings is 1. The van der Waals surface area contributed by atoms with Gasteiger partial charge in [-0.3, -0.25) is 4.90 Å². The van der Waals surface area contributed by atoms with Crippen LogP contribution in [0.1, 0.15) is 24.5 Å². The molecule has 0 radical (unpaired) electrons. The Bertz CT molecular complexity index is 660. The molecule has 2 aromatic rings. The van der Waals surface area contributed by atoms with E-state index < -0.39 is 0 Å². The molecule has 1 fully saturated rings. The zero-order valence-corrected chi connectivity index (χ0v) is 14.3. The number of aryl methyl sites for hydroxylation is 1. The first-order valence-electron chi connectivity index (χ1n) is 7.94. The molecule has 0 aromatic carbocycles. The van der Waals surface area contributed by atoms with Crippen molar-refractivity contribution in [3.8, 4) is 5.88 Å². The second-order valence-electron chi connectivity index (χ2n) is 6.07. The van der Waals surface area contributed by atoms with Crippen molar-refractivity contribution in [1.29, 1.82) is 0 Å². The van der Waals surface area contributed by atoms with E-state index in [-0.39, 0.29) is 0 Å². The summed E-state index contributed by atoms with van der Waals surface area (Å²) in [5.41, 5.74) is 0. The van der Waals surface area contributed by atoms with Crippen LogP contribution >= 0.6 is 11.6 Å². The van der Waals surface area contributed by atoms with Gasteiger partial charge in [-0.2, -0.15) is 0 Å². The molecule has 1 saturated heterocycles. The van der Waals surface area contributed by atoms with Gasteiger partial charge in [0.25, 0.3) is 0 Å². The van der Waals surface area contributed by atoms with Crippen LogP contribution in [0, 0.1) is 12.8 Å². The normalized spacial score (nSPS) is 19.0. The number of rotatable bonds is 5. The van der Waals surface area contributed by atoms with Gasteiger partial charge in [-0.05, 0) is 38.4 Å². The summed E-state index contributed by atoms with van der Waals surface area (Å²) in [6.45, 7) is 5.53. The van der Waals surface area contributed by atoms with E-state index in [0.717, 1.165) is 31.3 Å². The SMILES string of the molecule is Cc1nnc(CN2CCCC(COc3ncccc3Cl)C2)n1C. The first-order valence-corrected chi connectivity index (χ1v) is 8.32. The molecule has 0 spiro atoms. The van der Waals surface area contributed by atoms with Gasteiger partial charge in [0.15, 0.2) is 0 Å². The van der Waals surface area contributed by atoms with E-state index >= 15 is 0 Å². The monoisotopic (exact) mass is 335 g/mol. The fourth-order valence-electron chi connectivity index (χ4n) is 2.89. The number of halogens is 1. The lowest BCUT2D eigenvalue weighted by Crippen LogP contribution is -2.37. The topological polar surface area (TPSA) is 56.1 Å². The molecule has 7 heteroatoms. The van der Waals surface area contributed by atoms with Crippen LogP contribution in [0.3, 0.4) is 0 Å². The molecule has 1 unspecified atom stereocenters. The molecule has 0 bridgehead atoms. The maximum atomic E-state index is 6.08. The zero-order chi connectivity index (χ0) is 16.2. The third kappa shape index (κ3) is 4.00. The van der Waals surface area contributed by atoms with Gasteiger partial charge < -0.3 is 9.30 Å². The van der Waals surface area contributed by atoms with Crippen molar-refractivity contribution >= 4 is 11.6 Å². The second kappa shape index (κ2) is 7.27. The molecular formula is C16H22ClN5O. The largest absolute Gasteiger partial charge is 0.476 e. The van der Waals surface area contributed by atoms with Crippen molar-refractivity contribution in [3.63, 3.8) is 0 Å². The van der Waals surface area contributed by atoms with Gasteiger partial charge >= 0.3 is 0 Å². The Hall–Kier alpha value is -1.66. The molecule has 1 aliphatic heterocycles. The maximum absolute atomic E-state index is 6.08. The molecule has 0 aliphatic carbocycles. The highest BCUT2D eigenvalue weighted by molar-refractivity contribution is 6.31. The van der Waals surface area contributed by atoms with Crippen molar-refractivity contribution in [3.05, 3.63) is 35.0 Å². The minimum absolute atomic E-state index is 0.483. The summed E-state index contributed by atoms with van der Waals surface area (Å²) in [6, 6.07) is 3.61. The van der Waals surface area contributed by atoms with Gasteiger partial charge in [0.1, 0.15) is 16.7 Å². The lowest BCUT2D eigenvalue weighted by atomic mass is 9.99. The molecule has 3 heterocycles. The van der Waals surface area contributed by atoms with Crippen molar-refractivity contribution in [1.82, 2.24) is 24.6 Å². The molecule has 6 nitrogen and oxygen atoms in total. The van der Waals surface area contributed by atoms with Crippen LogP contribution in [-0.2, 0) is 13.6 Å². The van der Waals surface area contributed by atoms with Gasteiger partial charge in [0, 0.05) is 25.7 Å². The predicted molar refractivity (Wildman–Crippen MR) is 88.5 cm³/mol. The third-order valence-electron chi connectivity index (χ3n) is 4.33. The van der Waals surface area contributed by atoms with Crippen molar-refractivity contribution in [2.24, 2.45) is 13.0 Å². The van der Waals surface area contributed by atoms with Crippen LogP contribution in [0.5, 0.6) is 5.88 Å². The number of nitrogens with zero attached hydrogens (tertiary/aromatic N) is 5. The third-order valence-corrected chi connectivity index (χ3v) is 4.62. The van der Waals surface area contributed by atoms with E-state index in [4.69, 9.17) is 16.3 Å². The number of likely N-dealkylation sites (tertiary alicyclic amines) is 1. The summed E-state index contributed by atoms with van der Waals surface area (Å²) < 4.78 is 7.85. The van der Waals surface area contributed by atoms with Gasteiger partial charge in [-0.15, -0.1) is 10.2 Å². The first kappa shape index (κ1) is 16.2. The highest BCUT2D eigenvalue weighted by Gasteiger charge is 2.22. The fourth-order valence-corrected chi connectivity index (χ4v) is 3.07. The summed E-state index contributed by atoms with van der Waals surface area (Å²) in [5.74, 6) is 2.96. The number of hydrogen-bond acceptors (Lipinski definition) is 5. The molecule has 1 atom stereocenters. The Morgan fingerprint density at radius 1 is 1.39 bits per heavy atom. The molecular weight excluding hydrogens is 314 g/mol.